The van der Waals surface area contributed by atoms with Crippen LogP contribution in [0.1, 0.15) is 12.0 Å². The van der Waals surface area contributed by atoms with Crippen molar-refractivity contribution in [1.82, 2.24) is 4.98 Å². The molecule has 1 aliphatic heterocycles. The molecule has 1 saturated heterocycles. The molecule has 1 fully saturated rings. The Morgan fingerprint density at radius 3 is 2.88 bits per heavy atom. The van der Waals surface area contributed by atoms with Gasteiger partial charge in [0.1, 0.15) is 11.6 Å². The Morgan fingerprint density at radius 2 is 2.12 bits per heavy atom. The number of aryl methyl sites for hydroxylation is 1. The molecule has 0 bridgehead atoms. The summed E-state index contributed by atoms with van der Waals surface area (Å²) in [6.07, 6.45) is 1.82. The van der Waals surface area contributed by atoms with E-state index in [-0.39, 0.29) is 18.2 Å². The first-order valence-electron chi connectivity index (χ1n) is 7.75. The molecule has 1 aliphatic rings. The van der Waals surface area contributed by atoms with Crippen LogP contribution in [0, 0.1) is 12.8 Å². The molecule has 6 heteroatoms. The van der Waals surface area contributed by atoms with Crippen molar-refractivity contribution in [3.63, 3.8) is 0 Å². The van der Waals surface area contributed by atoms with Crippen LogP contribution in [0.4, 0.5) is 11.5 Å². The standard InChI is InChI=1S/C18H19N3O3/c1-12-7-8-19-16(9-12)20-18(23)13-10-17(22)21(11-13)14-5-3-4-6-15(14)24-2/h3-9,13H,10-11H2,1-2H3,(H,19,20,23)/t13-/m0/s1. The number of carbonyl (C=O) groups excluding carboxylic acids is 2. The van der Waals surface area contributed by atoms with E-state index in [2.05, 4.69) is 10.3 Å². The van der Waals surface area contributed by atoms with Gasteiger partial charge >= 0.3 is 0 Å². The molecule has 2 amide bonds. The molecule has 6 nitrogen and oxygen atoms in total. The second kappa shape index (κ2) is 6.70. The van der Waals surface area contributed by atoms with Gasteiger partial charge in [-0.2, -0.15) is 0 Å². The zero-order chi connectivity index (χ0) is 17.1. The van der Waals surface area contributed by atoms with Crippen molar-refractivity contribution in [1.29, 1.82) is 0 Å². The molecule has 124 valence electrons. The molecular weight excluding hydrogens is 306 g/mol. The Morgan fingerprint density at radius 1 is 1.33 bits per heavy atom. The number of anilines is 2. The lowest BCUT2D eigenvalue weighted by Crippen LogP contribution is -2.28. The summed E-state index contributed by atoms with van der Waals surface area (Å²) in [7, 11) is 1.56. The van der Waals surface area contributed by atoms with E-state index in [1.807, 2.05) is 31.2 Å². The van der Waals surface area contributed by atoms with Crippen molar-refractivity contribution >= 4 is 23.3 Å². The number of aromatic nitrogens is 1. The molecule has 0 saturated carbocycles. The van der Waals surface area contributed by atoms with Crippen molar-refractivity contribution in [3.8, 4) is 5.75 Å². The second-order valence-electron chi connectivity index (χ2n) is 5.78. The first kappa shape index (κ1) is 16.0. The van der Waals surface area contributed by atoms with Gasteiger partial charge in [0.25, 0.3) is 0 Å². The second-order valence-corrected chi connectivity index (χ2v) is 5.78. The molecule has 0 unspecified atom stereocenters. The summed E-state index contributed by atoms with van der Waals surface area (Å²) in [5.74, 6) is 0.427. The number of nitrogens with zero attached hydrogens (tertiary/aromatic N) is 2. The molecule has 0 radical (unpaired) electrons. The largest absolute Gasteiger partial charge is 0.495 e. The summed E-state index contributed by atoms with van der Waals surface area (Å²) in [5, 5.41) is 2.79. The van der Waals surface area contributed by atoms with Gasteiger partial charge in [-0.1, -0.05) is 12.1 Å². The number of hydrogen-bond acceptors (Lipinski definition) is 4. The van der Waals surface area contributed by atoms with Crippen molar-refractivity contribution < 1.29 is 14.3 Å². The number of nitrogens with one attached hydrogen (secondary N) is 1. The van der Waals surface area contributed by atoms with E-state index in [1.165, 1.54) is 0 Å². The van der Waals surface area contributed by atoms with Crippen LogP contribution in [0.25, 0.3) is 0 Å². The highest BCUT2D eigenvalue weighted by Gasteiger charge is 2.36. The summed E-state index contributed by atoms with van der Waals surface area (Å²) < 4.78 is 5.31. The molecule has 24 heavy (non-hydrogen) atoms. The van der Waals surface area contributed by atoms with Crippen molar-refractivity contribution in [2.24, 2.45) is 5.92 Å². The Hall–Kier alpha value is -2.89. The quantitative estimate of drug-likeness (QED) is 0.937. The minimum absolute atomic E-state index is 0.0862. The van der Waals surface area contributed by atoms with Crippen LogP contribution in [0.5, 0.6) is 5.75 Å². The van der Waals surface area contributed by atoms with Gasteiger partial charge in [-0.3, -0.25) is 9.59 Å². The molecule has 0 spiro atoms. The molecule has 1 aromatic carbocycles. The maximum atomic E-state index is 12.4. The van der Waals surface area contributed by atoms with E-state index < -0.39 is 5.92 Å². The van der Waals surface area contributed by atoms with E-state index in [0.717, 1.165) is 5.56 Å². The Kier molecular flexibility index (Phi) is 4.46. The monoisotopic (exact) mass is 325 g/mol. The van der Waals surface area contributed by atoms with Crippen LogP contribution in [-0.4, -0.2) is 30.5 Å². The topological polar surface area (TPSA) is 71.5 Å². The number of methoxy groups -OCH3 is 1. The van der Waals surface area contributed by atoms with E-state index in [4.69, 9.17) is 4.74 Å². The Balaban J connectivity index is 1.73. The number of hydrogen-bond donors (Lipinski definition) is 1. The maximum absolute atomic E-state index is 12.4. The normalized spacial score (nSPS) is 17.0. The highest BCUT2D eigenvalue weighted by Crippen LogP contribution is 2.33. The fraction of sp³-hybridized carbons (Fsp3) is 0.278. The third kappa shape index (κ3) is 3.22. The smallest absolute Gasteiger partial charge is 0.230 e. The number of para-hydroxylation sites is 2. The van der Waals surface area contributed by atoms with Crippen molar-refractivity contribution in [2.45, 2.75) is 13.3 Å². The van der Waals surface area contributed by atoms with E-state index in [9.17, 15) is 9.59 Å². The predicted molar refractivity (Wildman–Crippen MR) is 91.1 cm³/mol. The maximum Gasteiger partial charge on any atom is 0.230 e. The van der Waals surface area contributed by atoms with Gasteiger partial charge in [-0.05, 0) is 36.8 Å². The summed E-state index contributed by atoms with van der Waals surface area (Å²) >= 11 is 0. The van der Waals surface area contributed by atoms with Gasteiger partial charge < -0.3 is 15.0 Å². The molecule has 1 atom stereocenters. The first-order valence-corrected chi connectivity index (χ1v) is 7.75. The van der Waals surface area contributed by atoms with Crippen LogP contribution in [-0.2, 0) is 9.59 Å². The fourth-order valence-corrected chi connectivity index (χ4v) is 2.80. The van der Waals surface area contributed by atoms with Gasteiger partial charge in [0.05, 0.1) is 18.7 Å². The van der Waals surface area contributed by atoms with Crippen LogP contribution in [0.2, 0.25) is 0 Å². The molecule has 2 heterocycles. The molecule has 0 aliphatic carbocycles. The Labute approximate surface area is 140 Å². The average Bonchev–Trinajstić information content (AvgIpc) is 2.96. The van der Waals surface area contributed by atoms with E-state index in [1.54, 1.807) is 30.3 Å². The fourth-order valence-electron chi connectivity index (χ4n) is 2.80. The number of amides is 2. The van der Waals surface area contributed by atoms with Crippen molar-refractivity contribution in [2.75, 3.05) is 23.9 Å². The third-order valence-electron chi connectivity index (χ3n) is 4.04. The van der Waals surface area contributed by atoms with Crippen LogP contribution >= 0.6 is 0 Å². The zero-order valence-electron chi connectivity index (χ0n) is 13.7. The lowest BCUT2D eigenvalue weighted by molar-refractivity contribution is -0.122. The van der Waals surface area contributed by atoms with Gasteiger partial charge in [-0.25, -0.2) is 4.98 Å². The van der Waals surface area contributed by atoms with Gasteiger partial charge in [-0.15, -0.1) is 0 Å². The Bertz CT molecular complexity index is 776. The number of rotatable bonds is 4. The SMILES string of the molecule is COc1ccccc1N1C[C@@H](C(=O)Nc2cc(C)ccn2)CC1=O. The number of pyridine rings is 1. The minimum atomic E-state index is -0.412. The van der Waals surface area contributed by atoms with Crippen LogP contribution in [0.3, 0.4) is 0 Å². The average molecular weight is 325 g/mol. The lowest BCUT2D eigenvalue weighted by Gasteiger charge is -2.19. The summed E-state index contributed by atoms with van der Waals surface area (Å²) in [5.41, 5.74) is 1.70. The highest BCUT2D eigenvalue weighted by atomic mass is 16.5. The first-order chi connectivity index (χ1) is 11.6. The van der Waals surface area contributed by atoms with E-state index >= 15 is 0 Å². The summed E-state index contributed by atoms with van der Waals surface area (Å²) in [6.45, 7) is 2.26. The number of benzene rings is 1. The number of carbonyl (C=O) groups is 2. The molecule has 1 aromatic heterocycles. The minimum Gasteiger partial charge on any atom is -0.495 e. The molecule has 2 aromatic rings. The van der Waals surface area contributed by atoms with Gasteiger partial charge in [0.15, 0.2) is 0 Å². The number of ether oxygens (including phenoxy) is 1. The van der Waals surface area contributed by atoms with Gasteiger partial charge in [0.2, 0.25) is 11.8 Å². The molecule has 3 rings (SSSR count). The lowest BCUT2D eigenvalue weighted by atomic mass is 10.1. The third-order valence-corrected chi connectivity index (χ3v) is 4.04. The summed E-state index contributed by atoms with van der Waals surface area (Å²) in [4.78, 5) is 30.5. The zero-order valence-corrected chi connectivity index (χ0v) is 13.7. The van der Waals surface area contributed by atoms with E-state index in [0.29, 0.717) is 23.8 Å². The predicted octanol–water partition coefficient (Wildman–Crippen LogP) is 2.39. The van der Waals surface area contributed by atoms with Gasteiger partial charge in [0, 0.05) is 19.2 Å². The molecular formula is C18H19N3O3. The molecule has 1 N–H and O–H groups in total. The van der Waals surface area contributed by atoms with Crippen LogP contribution in [0.15, 0.2) is 42.6 Å². The van der Waals surface area contributed by atoms with Crippen LogP contribution < -0.4 is 15.0 Å². The summed E-state index contributed by atoms with van der Waals surface area (Å²) in [6, 6.07) is 11.0. The highest BCUT2D eigenvalue weighted by molar-refractivity contribution is 6.04. The van der Waals surface area contributed by atoms with Crippen molar-refractivity contribution in [3.05, 3.63) is 48.2 Å².